The molecule has 6 rings (SSSR count). The number of carboxylic acid groups (broad SMARTS) is 1. The number of pyridine rings is 1. The predicted molar refractivity (Wildman–Crippen MR) is 136 cm³/mol. The number of anilines is 1. The van der Waals surface area contributed by atoms with Crippen LogP contribution in [0.5, 0.6) is 11.5 Å². The molecule has 2 N–H and O–H groups in total. The van der Waals surface area contributed by atoms with Gasteiger partial charge >= 0.3 is 5.97 Å². The SMILES string of the molecule is O=C(O)c1cn2c3c(c(NCCN4CCCC4)c(F)cc3c1=O)Oc1ccc(-c3ccccc3)cc1-2. The number of halogens is 1. The number of likely N-dealkylation sites (tertiary alicyclic amines) is 1. The van der Waals surface area contributed by atoms with E-state index in [0.29, 0.717) is 23.5 Å². The van der Waals surface area contributed by atoms with Gasteiger partial charge in [0, 0.05) is 19.3 Å². The maximum Gasteiger partial charge on any atom is 0.341 e. The molecule has 3 aromatic carbocycles. The van der Waals surface area contributed by atoms with Gasteiger partial charge in [0.2, 0.25) is 5.43 Å². The van der Waals surface area contributed by atoms with E-state index in [-0.39, 0.29) is 16.8 Å². The summed E-state index contributed by atoms with van der Waals surface area (Å²) in [7, 11) is 0. The van der Waals surface area contributed by atoms with Crippen molar-refractivity contribution in [2.75, 3.05) is 31.5 Å². The van der Waals surface area contributed by atoms with Gasteiger partial charge in [0.05, 0.1) is 11.1 Å². The van der Waals surface area contributed by atoms with Gasteiger partial charge in [0.25, 0.3) is 0 Å². The van der Waals surface area contributed by atoms with Crippen molar-refractivity contribution < 1.29 is 19.0 Å². The highest BCUT2D eigenvalue weighted by Crippen LogP contribution is 2.46. The van der Waals surface area contributed by atoms with Gasteiger partial charge in [0.1, 0.15) is 16.8 Å². The van der Waals surface area contributed by atoms with Crippen LogP contribution in [0.3, 0.4) is 0 Å². The van der Waals surface area contributed by atoms with E-state index >= 15 is 4.39 Å². The Kier molecular flexibility index (Phi) is 5.45. The minimum atomic E-state index is -1.37. The fourth-order valence-electron chi connectivity index (χ4n) is 5.09. The molecule has 182 valence electrons. The minimum Gasteiger partial charge on any atom is -0.477 e. The summed E-state index contributed by atoms with van der Waals surface area (Å²) in [5.41, 5.74) is 1.78. The van der Waals surface area contributed by atoms with Crippen molar-refractivity contribution in [1.29, 1.82) is 0 Å². The molecule has 2 aliphatic heterocycles. The molecule has 0 radical (unpaired) electrons. The summed E-state index contributed by atoms with van der Waals surface area (Å²) < 4.78 is 23.2. The fraction of sp³-hybridized carbons (Fsp3) is 0.214. The zero-order valence-corrected chi connectivity index (χ0v) is 19.5. The number of aromatic nitrogens is 1. The van der Waals surface area contributed by atoms with Crippen molar-refractivity contribution in [2.45, 2.75) is 12.8 Å². The number of rotatable bonds is 6. The summed E-state index contributed by atoms with van der Waals surface area (Å²) in [4.78, 5) is 27.2. The normalized spacial score (nSPS) is 14.5. The topological polar surface area (TPSA) is 83.8 Å². The first kappa shape index (κ1) is 22.3. The van der Waals surface area contributed by atoms with Gasteiger partial charge in [-0.1, -0.05) is 36.4 Å². The molecule has 36 heavy (non-hydrogen) atoms. The molecule has 0 unspecified atom stereocenters. The van der Waals surface area contributed by atoms with Gasteiger partial charge in [-0.15, -0.1) is 0 Å². The van der Waals surface area contributed by atoms with Gasteiger partial charge in [-0.05, 0) is 55.3 Å². The first-order chi connectivity index (χ1) is 17.5. The second kappa shape index (κ2) is 8.80. The summed E-state index contributed by atoms with van der Waals surface area (Å²) in [6.45, 7) is 3.33. The van der Waals surface area contributed by atoms with Crippen molar-refractivity contribution in [3.8, 4) is 28.3 Å². The van der Waals surface area contributed by atoms with E-state index in [1.54, 1.807) is 10.6 Å². The molecule has 0 spiro atoms. The molecule has 0 atom stereocenters. The van der Waals surface area contributed by atoms with Crippen LogP contribution in [0, 0.1) is 5.82 Å². The largest absolute Gasteiger partial charge is 0.477 e. The maximum atomic E-state index is 15.3. The standard InChI is InChI=1S/C28H24FN3O4/c29-21-15-19-25-27(24(21)30-10-13-31-11-4-5-12-31)36-23-9-8-18(17-6-2-1-3-7-17)14-22(23)32(25)16-20(26(19)33)28(34)35/h1-3,6-9,14-16,30H,4-5,10-13H2,(H,34,35). The maximum absolute atomic E-state index is 15.3. The first-order valence-electron chi connectivity index (χ1n) is 12.0. The van der Waals surface area contributed by atoms with Gasteiger partial charge < -0.3 is 24.6 Å². The molecule has 0 amide bonds. The van der Waals surface area contributed by atoms with Gasteiger partial charge in [-0.25, -0.2) is 9.18 Å². The number of carbonyl (C=O) groups is 1. The van der Waals surface area contributed by atoms with E-state index in [0.717, 1.165) is 36.8 Å². The summed E-state index contributed by atoms with van der Waals surface area (Å²) in [6, 6.07) is 16.4. The Hall–Kier alpha value is -4.17. The van der Waals surface area contributed by atoms with Gasteiger partial charge in [-0.3, -0.25) is 4.79 Å². The number of nitrogens with one attached hydrogen (secondary N) is 1. The Bertz CT molecular complexity index is 1560. The van der Waals surface area contributed by atoms with Crippen molar-refractivity contribution in [3.05, 3.63) is 82.4 Å². The molecule has 1 saturated heterocycles. The second-order valence-corrected chi connectivity index (χ2v) is 9.13. The van der Waals surface area contributed by atoms with Crippen molar-refractivity contribution in [1.82, 2.24) is 9.47 Å². The summed E-state index contributed by atoms with van der Waals surface area (Å²) >= 11 is 0. The van der Waals surface area contributed by atoms with Gasteiger partial charge in [-0.2, -0.15) is 0 Å². The Morgan fingerprint density at radius 2 is 1.83 bits per heavy atom. The Morgan fingerprint density at radius 1 is 1.06 bits per heavy atom. The van der Waals surface area contributed by atoms with Crippen LogP contribution in [0.1, 0.15) is 23.2 Å². The van der Waals surface area contributed by atoms with E-state index in [1.165, 1.54) is 19.0 Å². The fourth-order valence-corrected chi connectivity index (χ4v) is 5.09. The molecular formula is C28H24FN3O4. The van der Waals surface area contributed by atoms with Crippen LogP contribution in [0.15, 0.2) is 65.6 Å². The number of fused-ring (bicyclic) bond motifs is 2. The molecule has 2 aliphatic rings. The van der Waals surface area contributed by atoms with Crippen LogP contribution in [0.2, 0.25) is 0 Å². The highest BCUT2D eigenvalue weighted by atomic mass is 19.1. The molecule has 1 aromatic heterocycles. The molecule has 0 bridgehead atoms. The van der Waals surface area contributed by atoms with Gasteiger partial charge in [0.15, 0.2) is 17.3 Å². The van der Waals surface area contributed by atoms with Crippen LogP contribution in [-0.4, -0.2) is 46.7 Å². The lowest BCUT2D eigenvalue weighted by atomic mass is 10.0. The van der Waals surface area contributed by atoms with Crippen LogP contribution in [0.4, 0.5) is 10.1 Å². The van der Waals surface area contributed by atoms with Crippen molar-refractivity contribution >= 4 is 22.6 Å². The number of nitrogens with zero attached hydrogens (tertiary/aromatic N) is 2. The van der Waals surface area contributed by atoms with Crippen LogP contribution in [-0.2, 0) is 0 Å². The van der Waals surface area contributed by atoms with E-state index < -0.39 is 22.8 Å². The molecule has 3 heterocycles. The quantitative estimate of drug-likeness (QED) is 0.348. The number of carboxylic acids is 1. The molecule has 7 nitrogen and oxygen atoms in total. The lowest BCUT2D eigenvalue weighted by molar-refractivity contribution is 0.0695. The number of hydrogen-bond donors (Lipinski definition) is 2. The van der Waals surface area contributed by atoms with Crippen LogP contribution >= 0.6 is 0 Å². The number of benzene rings is 3. The molecular weight excluding hydrogens is 461 g/mol. The van der Waals surface area contributed by atoms with E-state index in [1.807, 2.05) is 42.5 Å². The molecule has 8 heteroatoms. The predicted octanol–water partition coefficient (Wildman–Crippen LogP) is 5.11. The zero-order chi connectivity index (χ0) is 24.8. The Labute approximate surface area is 206 Å². The zero-order valence-electron chi connectivity index (χ0n) is 19.5. The van der Waals surface area contributed by atoms with Crippen LogP contribution < -0.4 is 15.5 Å². The highest BCUT2D eigenvalue weighted by Gasteiger charge is 2.28. The molecule has 4 aromatic rings. The first-order valence-corrected chi connectivity index (χ1v) is 12.0. The lowest BCUT2D eigenvalue weighted by Crippen LogP contribution is -2.26. The number of hydrogen-bond acceptors (Lipinski definition) is 5. The third kappa shape index (κ3) is 3.70. The molecule has 0 saturated carbocycles. The minimum absolute atomic E-state index is 0.0387. The monoisotopic (exact) mass is 485 g/mol. The third-order valence-corrected chi connectivity index (χ3v) is 6.89. The average Bonchev–Trinajstić information content (AvgIpc) is 3.41. The Balaban J connectivity index is 1.52. The summed E-state index contributed by atoms with van der Waals surface area (Å²) in [6.07, 6.45) is 3.63. The molecule has 1 fully saturated rings. The summed E-state index contributed by atoms with van der Waals surface area (Å²) in [5, 5.41) is 12.8. The van der Waals surface area contributed by atoms with E-state index in [2.05, 4.69) is 10.2 Å². The molecule has 0 aliphatic carbocycles. The summed E-state index contributed by atoms with van der Waals surface area (Å²) in [5.74, 6) is -1.40. The number of ether oxygens (including phenoxy) is 1. The smallest absolute Gasteiger partial charge is 0.341 e. The highest BCUT2D eigenvalue weighted by molar-refractivity contribution is 5.99. The third-order valence-electron chi connectivity index (χ3n) is 6.89. The average molecular weight is 486 g/mol. The number of aromatic carboxylic acids is 1. The lowest BCUT2D eigenvalue weighted by Gasteiger charge is -2.27. The second-order valence-electron chi connectivity index (χ2n) is 9.13. The van der Waals surface area contributed by atoms with Crippen molar-refractivity contribution in [3.63, 3.8) is 0 Å². The van der Waals surface area contributed by atoms with Crippen LogP contribution in [0.25, 0.3) is 27.7 Å². The Morgan fingerprint density at radius 3 is 2.58 bits per heavy atom. The van der Waals surface area contributed by atoms with E-state index in [4.69, 9.17) is 4.74 Å². The van der Waals surface area contributed by atoms with E-state index in [9.17, 15) is 14.7 Å². The van der Waals surface area contributed by atoms with Crippen molar-refractivity contribution in [2.24, 2.45) is 0 Å².